The third kappa shape index (κ3) is 2.21. The number of aliphatic hydroxyl groups is 1. The summed E-state index contributed by atoms with van der Waals surface area (Å²) in [7, 11) is 0. The fourth-order valence-corrected chi connectivity index (χ4v) is 2.44. The molecule has 0 amide bonds. The first-order chi connectivity index (χ1) is 7.33. The Hall–Kier alpha value is -0.860. The monoisotopic (exact) mass is 205 g/mol. The molecule has 0 bridgehead atoms. The van der Waals surface area contributed by atoms with E-state index in [0.717, 1.165) is 12.0 Å². The van der Waals surface area contributed by atoms with Crippen molar-refractivity contribution in [3.63, 3.8) is 0 Å². The summed E-state index contributed by atoms with van der Waals surface area (Å²) in [6.07, 6.45) is 5.10. The Morgan fingerprint density at radius 1 is 1.27 bits per heavy atom. The molecule has 0 fully saturated rings. The minimum absolute atomic E-state index is 0.372. The van der Waals surface area contributed by atoms with Gasteiger partial charge in [-0.05, 0) is 55.3 Å². The van der Waals surface area contributed by atoms with Crippen LogP contribution in [0.5, 0.6) is 0 Å². The molecule has 0 spiro atoms. The third-order valence-electron chi connectivity index (χ3n) is 3.23. The lowest BCUT2D eigenvalue weighted by Crippen LogP contribution is -2.12. The lowest BCUT2D eigenvalue weighted by atomic mass is 9.86. The Bertz CT molecular complexity index is 335. The minimum Gasteiger partial charge on any atom is -0.388 e. The predicted molar refractivity (Wildman–Crippen MR) is 61.7 cm³/mol. The summed E-state index contributed by atoms with van der Waals surface area (Å²) in [5, 5.41) is 10.00. The van der Waals surface area contributed by atoms with Crippen LogP contribution in [0, 0.1) is 0 Å². The molecule has 0 heterocycles. The maximum atomic E-state index is 10.00. The van der Waals surface area contributed by atoms with Crippen LogP contribution in [0.2, 0.25) is 0 Å². The molecule has 0 saturated heterocycles. The second kappa shape index (κ2) is 4.77. The van der Waals surface area contributed by atoms with Gasteiger partial charge < -0.3 is 10.8 Å². The number of benzene rings is 1. The number of rotatable bonds is 3. The summed E-state index contributed by atoms with van der Waals surface area (Å²) >= 11 is 0. The summed E-state index contributed by atoms with van der Waals surface area (Å²) < 4.78 is 0. The van der Waals surface area contributed by atoms with Crippen LogP contribution in [0.3, 0.4) is 0 Å². The topological polar surface area (TPSA) is 46.2 Å². The molecule has 0 aliphatic heterocycles. The molecule has 82 valence electrons. The number of fused-ring (bicyclic) bond motifs is 1. The third-order valence-corrected chi connectivity index (χ3v) is 3.23. The predicted octanol–water partition coefficient (Wildman–Crippen LogP) is 1.95. The number of hydrogen-bond acceptors (Lipinski definition) is 2. The van der Waals surface area contributed by atoms with Crippen molar-refractivity contribution in [2.45, 2.75) is 38.2 Å². The Labute approximate surface area is 91.1 Å². The molecule has 15 heavy (non-hydrogen) atoms. The highest BCUT2D eigenvalue weighted by molar-refractivity contribution is 5.38. The lowest BCUT2D eigenvalue weighted by molar-refractivity contribution is 0.169. The van der Waals surface area contributed by atoms with Gasteiger partial charge in [0.1, 0.15) is 0 Å². The van der Waals surface area contributed by atoms with Gasteiger partial charge in [0, 0.05) is 0 Å². The minimum atomic E-state index is -0.372. The highest BCUT2D eigenvalue weighted by Gasteiger charge is 2.16. The van der Waals surface area contributed by atoms with Gasteiger partial charge in [-0.1, -0.05) is 18.2 Å². The maximum Gasteiger partial charge on any atom is 0.0804 e. The molecule has 1 aliphatic rings. The van der Waals surface area contributed by atoms with E-state index in [0.29, 0.717) is 13.0 Å². The Morgan fingerprint density at radius 3 is 2.87 bits per heavy atom. The van der Waals surface area contributed by atoms with Gasteiger partial charge in [-0.3, -0.25) is 0 Å². The van der Waals surface area contributed by atoms with Gasteiger partial charge in [0.05, 0.1) is 6.10 Å². The molecule has 1 atom stereocenters. The molecule has 1 aliphatic carbocycles. The van der Waals surface area contributed by atoms with E-state index in [1.807, 2.05) is 6.07 Å². The smallest absolute Gasteiger partial charge is 0.0804 e. The molecular formula is C13H19NO. The maximum absolute atomic E-state index is 10.00. The second-order valence-electron chi connectivity index (χ2n) is 4.29. The van der Waals surface area contributed by atoms with Crippen molar-refractivity contribution < 1.29 is 5.11 Å². The highest BCUT2D eigenvalue weighted by atomic mass is 16.3. The molecular weight excluding hydrogens is 186 g/mol. The quantitative estimate of drug-likeness (QED) is 0.792. The molecule has 1 aromatic rings. The molecule has 1 aromatic carbocycles. The first-order valence-electron chi connectivity index (χ1n) is 5.81. The molecule has 0 aromatic heterocycles. The normalized spacial score (nSPS) is 17.2. The second-order valence-corrected chi connectivity index (χ2v) is 4.29. The van der Waals surface area contributed by atoms with E-state index in [9.17, 15) is 5.11 Å². The van der Waals surface area contributed by atoms with Gasteiger partial charge in [0.15, 0.2) is 0 Å². The van der Waals surface area contributed by atoms with Gasteiger partial charge in [-0.25, -0.2) is 0 Å². The van der Waals surface area contributed by atoms with Crippen LogP contribution in [0.25, 0.3) is 0 Å². The van der Waals surface area contributed by atoms with E-state index >= 15 is 0 Å². The Balaban J connectivity index is 2.30. The number of aryl methyl sites for hydroxylation is 1. The van der Waals surface area contributed by atoms with E-state index in [2.05, 4.69) is 12.1 Å². The van der Waals surface area contributed by atoms with E-state index in [4.69, 9.17) is 5.73 Å². The summed E-state index contributed by atoms with van der Waals surface area (Å²) in [6.45, 7) is 0.546. The zero-order valence-corrected chi connectivity index (χ0v) is 9.08. The van der Waals surface area contributed by atoms with Crippen LogP contribution in [0.15, 0.2) is 18.2 Å². The van der Waals surface area contributed by atoms with Crippen LogP contribution < -0.4 is 5.73 Å². The van der Waals surface area contributed by atoms with Crippen molar-refractivity contribution in [1.82, 2.24) is 0 Å². The van der Waals surface area contributed by atoms with Crippen molar-refractivity contribution in [1.29, 1.82) is 0 Å². The van der Waals surface area contributed by atoms with Crippen LogP contribution in [0.4, 0.5) is 0 Å². The lowest BCUT2D eigenvalue weighted by Gasteiger charge is -2.22. The van der Waals surface area contributed by atoms with Crippen molar-refractivity contribution in [2.24, 2.45) is 5.73 Å². The fraction of sp³-hybridized carbons (Fsp3) is 0.538. The number of hydrogen-bond donors (Lipinski definition) is 2. The van der Waals surface area contributed by atoms with Gasteiger partial charge in [-0.15, -0.1) is 0 Å². The highest BCUT2D eigenvalue weighted by Crippen LogP contribution is 2.29. The average molecular weight is 205 g/mol. The van der Waals surface area contributed by atoms with Crippen LogP contribution in [0.1, 0.15) is 42.1 Å². The Morgan fingerprint density at radius 2 is 2.07 bits per heavy atom. The van der Waals surface area contributed by atoms with E-state index in [-0.39, 0.29) is 6.10 Å². The molecule has 3 N–H and O–H groups in total. The molecule has 0 saturated carbocycles. The van der Waals surface area contributed by atoms with Crippen molar-refractivity contribution >= 4 is 0 Å². The average Bonchev–Trinajstić information content (AvgIpc) is 2.28. The summed E-state index contributed by atoms with van der Waals surface area (Å²) in [6, 6.07) is 6.29. The summed E-state index contributed by atoms with van der Waals surface area (Å²) in [4.78, 5) is 0. The van der Waals surface area contributed by atoms with Gasteiger partial charge in [0.25, 0.3) is 0 Å². The Kier molecular flexibility index (Phi) is 3.39. The van der Waals surface area contributed by atoms with E-state index in [1.165, 1.54) is 30.4 Å². The first-order valence-corrected chi connectivity index (χ1v) is 5.81. The van der Waals surface area contributed by atoms with Gasteiger partial charge in [-0.2, -0.15) is 0 Å². The van der Waals surface area contributed by atoms with Crippen LogP contribution >= 0.6 is 0 Å². The van der Waals surface area contributed by atoms with E-state index < -0.39 is 0 Å². The molecule has 2 heteroatoms. The zero-order valence-electron chi connectivity index (χ0n) is 9.08. The first kappa shape index (κ1) is 10.7. The molecule has 0 radical (unpaired) electrons. The van der Waals surface area contributed by atoms with Crippen LogP contribution in [-0.4, -0.2) is 11.7 Å². The standard InChI is InChI=1S/C13H19NO/c14-9-8-13(15)12-7-3-5-10-4-1-2-6-11(10)12/h3,5,7,13,15H,1-2,4,6,8-9,14H2/t13-/m0/s1. The molecule has 2 nitrogen and oxygen atoms in total. The largest absolute Gasteiger partial charge is 0.388 e. The van der Waals surface area contributed by atoms with Gasteiger partial charge >= 0.3 is 0 Å². The molecule has 0 unspecified atom stereocenters. The SMILES string of the molecule is NCC[C@H](O)c1cccc2c1CCCC2. The van der Waals surface area contributed by atoms with Crippen LogP contribution in [-0.2, 0) is 12.8 Å². The number of aliphatic hydroxyl groups excluding tert-OH is 1. The van der Waals surface area contributed by atoms with Crippen molar-refractivity contribution in [3.05, 3.63) is 34.9 Å². The van der Waals surface area contributed by atoms with Crippen molar-refractivity contribution in [2.75, 3.05) is 6.54 Å². The fourth-order valence-electron chi connectivity index (χ4n) is 2.44. The van der Waals surface area contributed by atoms with Crippen molar-refractivity contribution in [3.8, 4) is 0 Å². The summed E-state index contributed by atoms with van der Waals surface area (Å²) in [5.41, 5.74) is 9.40. The molecule has 2 rings (SSSR count). The number of nitrogens with two attached hydrogens (primary N) is 1. The van der Waals surface area contributed by atoms with E-state index in [1.54, 1.807) is 0 Å². The zero-order chi connectivity index (χ0) is 10.7. The summed E-state index contributed by atoms with van der Waals surface area (Å²) in [5.74, 6) is 0. The van der Waals surface area contributed by atoms with Gasteiger partial charge in [0.2, 0.25) is 0 Å².